The first-order valence-electron chi connectivity index (χ1n) is 5.32. The van der Waals surface area contributed by atoms with E-state index < -0.39 is 6.17 Å². The Labute approximate surface area is 89.4 Å². The molecule has 0 aliphatic carbocycles. The molecule has 0 radical (unpaired) electrons. The van der Waals surface area contributed by atoms with Crippen molar-refractivity contribution in [3.05, 3.63) is 29.8 Å². The van der Waals surface area contributed by atoms with Crippen molar-refractivity contribution in [1.82, 2.24) is 5.32 Å². The number of halogens is 1. The van der Waals surface area contributed by atoms with E-state index in [4.69, 9.17) is 4.74 Å². The summed E-state index contributed by atoms with van der Waals surface area (Å²) >= 11 is 0. The van der Waals surface area contributed by atoms with Crippen LogP contribution in [0.2, 0.25) is 0 Å². The summed E-state index contributed by atoms with van der Waals surface area (Å²) in [6.45, 7) is 0.926. The summed E-state index contributed by atoms with van der Waals surface area (Å²) in [6, 6.07) is 7.21. The van der Waals surface area contributed by atoms with E-state index in [1.165, 1.54) is 0 Å². The fourth-order valence-corrected chi connectivity index (χ4v) is 2.01. The molecule has 1 aromatic rings. The largest absolute Gasteiger partial charge is 0.497 e. The van der Waals surface area contributed by atoms with Crippen LogP contribution in [-0.4, -0.2) is 19.7 Å². The highest BCUT2D eigenvalue weighted by Crippen LogP contribution is 2.28. The minimum absolute atomic E-state index is 0.0305. The summed E-state index contributed by atoms with van der Waals surface area (Å²) in [7, 11) is 1.60. The highest BCUT2D eigenvalue weighted by Gasteiger charge is 2.25. The Morgan fingerprint density at radius 3 is 3.07 bits per heavy atom. The van der Waals surface area contributed by atoms with E-state index in [0.717, 1.165) is 19.4 Å². The first kappa shape index (κ1) is 10.4. The minimum atomic E-state index is -0.928. The second-order valence-corrected chi connectivity index (χ2v) is 3.88. The van der Waals surface area contributed by atoms with E-state index in [1.807, 2.05) is 18.2 Å². The molecule has 15 heavy (non-hydrogen) atoms. The van der Waals surface area contributed by atoms with Gasteiger partial charge in [-0.15, -0.1) is 0 Å². The molecule has 1 aliphatic heterocycles. The Kier molecular flexibility index (Phi) is 3.21. The molecule has 1 aromatic carbocycles. The van der Waals surface area contributed by atoms with Crippen LogP contribution in [0.5, 0.6) is 5.75 Å². The van der Waals surface area contributed by atoms with Gasteiger partial charge < -0.3 is 10.1 Å². The van der Waals surface area contributed by atoms with Crippen molar-refractivity contribution in [2.75, 3.05) is 13.7 Å². The number of ether oxygens (including phenoxy) is 1. The van der Waals surface area contributed by atoms with Gasteiger partial charge in [-0.3, -0.25) is 0 Å². The van der Waals surface area contributed by atoms with Crippen LogP contribution in [0.15, 0.2) is 24.3 Å². The molecule has 0 spiro atoms. The van der Waals surface area contributed by atoms with Crippen LogP contribution in [0.3, 0.4) is 0 Å². The molecule has 1 heterocycles. The molecule has 0 amide bonds. The second kappa shape index (κ2) is 4.62. The fourth-order valence-electron chi connectivity index (χ4n) is 2.01. The van der Waals surface area contributed by atoms with E-state index in [1.54, 1.807) is 13.2 Å². The van der Waals surface area contributed by atoms with Crippen LogP contribution in [0.4, 0.5) is 4.39 Å². The Hall–Kier alpha value is -1.09. The van der Waals surface area contributed by atoms with Crippen molar-refractivity contribution in [3.63, 3.8) is 0 Å². The summed E-state index contributed by atoms with van der Waals surface area (Å²) < 4.78 is 19.1. The van der Waals surface area contributed by atoms with Gasteiger partial charge in [0, 0.05) is 6.04 Å². The molecule has 0 bridgehead atoms. The SMILES string of the molecule is COc1cccc(C(F)C2CCCN2)c1. The Bertz CT molecular complexity index is 323. The predicted molar refractivity (Wildman–Crippen MR) is 57.9 cm³/mol. The third-order valence-electron chi connectivity index (χ3n) is 2.86. The molecule has 1 saturated heterocycles. The van der Waals surface area contributed by atoms with Gasteiger partial charge in [0.1, 0.15) is 11.9 Å². The number of nitrogens with one attached hydrogen (secondary N) is 1. The normalized spacial score (nSPS) is 22.7. The van der Waals surface area contributed by atoms with Crippen molar-refractivity contribution in [2.45, 2.75) is 25.1 Å². The molecule has 2 nitrogen and oxygen atoms in total. The standard InChI is InChI=1S/C12H16FNO/c1-15-10-5-2-4-9(8-10)12(13)11-6-3-7-14-11/h2,4-5,8,11-12,14H,3,6-7H2,1H3. The molecule has 2 atom stereocenters. The van der Waals surface area contributed by atoms with Crippen molar-refractivity contribution in [1.29, 1.82) is 0 Å². The summed E-state index contributed by atoms with van der Waals surface area (Å²) in [6.07, 6.45) is 1.05. The van der Waals surface area contributed by atoms with E-state index >= 15 is 0 Å². The molecule has 1 aliphatic rings. The summed E-state index contributed by atoms with van der Waals surface area (Å²) in [5.74, 6) is 0.716. The Morgan fingerprint density at radius 2 is 2.40 bits per heavy atom. The van der Waals surface area contributed by atoms with Gasteiger partial charge in [-0.05, 0) is 37.1 Å². The lowest BCUT2D eigenvalue weighted by Crippen LogP contribution is -2.26. The maximum absolute atomic E-state index is 14.0. The van der Waals surface area contributed by atoms with Gasteiger partial charge in [0.15, 0.2) is 0 Å². The number of alkyl halides is 1. The van der Waals surface area contributed by atoms with E-state index in [-0.39, 0.29) is 6.04 Å². The average Bonchev–Trinajstić information content (AvgIpc) is 2.81. The summed E-state index contributed by atoms with van der Waals surface area (Å²) in [4.78, 5) is 0. The highest BCUT2D eigenvalue weighted by atomic mass is 19.1. The number of hydrogen-bond acceptors (Lipinski definition) is 2. The molecule has 1 N–H and O–H groups in total. The van der Waals surface area contributed by atoms with Gasteiger partial charge in [-0.1, -0.05) is 12.1 Å². The van der Waals surface area contributed by atoms with Gasteiger partial charge in [-0.2, -0.15) is 0 Å². The lowest BCUT2D eigenvalue weighted by Gasteiger charge is -2.16. The van der Waals surface area contributed by atoms with Crippen LogP contribution in [-0.2, 0) is 0 Å². The van der Waals surface area contributed by atoms with Gasteiger partial charge >= 0.3 is 0 Å². The zero-order valence-electron chi connectivity index (χ0n) is 8.87. The Balaban J connectivity index is 2.13. The van der Waals surface area contributed by atoms with E-state index in [0.29, 0.717) is 11.3 Å². The Morgan fingerprint density at radius 1 is 1.53 bits per heavy atom. The molecule has 0 aromatic heterocycles. The van der Waals surface area contributed by atoms with E-state index in [2.05, 4.69) is 5.32 Å². The molecular weight excluding hydrogens is 193 g/mol. The van der Waals surface area contributed by atoms with Gasteiger partial charge in [0.2, 0.25) is 0 Å². The molecule has 2 rings (SSSR count). The number of methoxy groups -OCH3 is 1. The predicted octanol–water partition coefficient (Wildman–Crippen LogP) is 2.46. The summed E-state index contributed by atoms with van der Waals surface area (Å²) in [5, 5.41) is 3.18. The highest BCUT2D eigenvalue weighted by molar-refractivity contribution is 5.30. The lowest BCUT2D eigenvalue weighted by molar-refractivity contribution is 0.270. The van der Waals surface area contributed by atoms with Crippen molar-refractivity contribution < 1.29 is 9.13 Å². The number of benzene rings is 1. The van der Waals surface area contributed by atoms with Crippen LogP contribution < -0.4 is 10.1 Å². The molecular formula is C12H16FNO. The zero-order chi connectivity index (χ0) is 10.7. The maximum atomic E-state index is 14.0. The third-order valence-corrected chi connectivity index (χ3v) is 2.86. The van der Waals surface area contributed by atoms with Crippen molar-refractivity contribution in [2.24, 2.45) is 0 Å². The van der Waals surface area contributed by atoms with Crippen LogP contribution in [0.1, 0.15) is 24.6 Å². The smallest absolute Gasteiger partial charge is 0.140 e. The molecule has 3 heteroatoms. The number of rotatable bonds is 3. The monoisotopic (exact) mass is 209 g/mol. The second-order valence-electron chi connectivity index (χ2n) is 3.88. The first-order valence-corrected chi connectivity index (χ1v) is 5.32. The van der Waals surface area contributed by atoms with Crippen molar-refractivity contribution >= 4 is 0 Å². The molecule has 1 fully saturated rings. The van der Waals surface area contributed by atoms with E-state index in [9.17, 15) is 4.39 Å². The fraction of sp³-hybridized carbons (Fsp3) is 0.500. The topological polar surface area (TPSA) is 21.3 Å². The summed E-state index contributed by atoms with van der Waals surface area (Å²) in [5.41, 5.74) is 0.703. The minimum Gasteiger partial charge on any atom is -0.497 e. The zero-order valence-corrected chi connectivity index (χ0v) is 8.87. The quantitative estimate of drug-likeness (QED) is 0.825. The van der Waals surface area contributed by atoms with Crippen molar-refractivity contribution in [3.8, 4) is 5.75 Å². The molecule has 82 valence electrons. The van der Waals surface area contributed by atoms with Gasteiger partial charge in [-0.25, -0.2) is 4.39 Å². The van der Waals surface area contributed by atoms with Gasteiger partial charge in [0.05, 0.1) is 7.11 Å². The molecule has 2 unspecified atom stereocenters. The lowest BCUT2D eigenvalue weighted by atomic mass is 10.0. The van der Waals surface area contributed by atoms with Crippen LogP contribution >= 0.6 is 0 Å². The van der Waals surface area contributed by atoms with Gasteiger partial charge in [0.25, 0.3) is 0 Å². The van der Waals surface area contributed by atoms with Crippen LogP contribution in [0, 0.1) is 0 Å². The van der Waals surface area contributed by atoms with Crippen LogP contribution in [0.25, 0.3) is 0 Å². The number of hydrogen-bond donors (Lipinski definition) is 1. The molecule has 0 saturated carbocycles. The average molecular weight is 209 g/mol. The maximum Gasteiger partial charge on any atom is 0.140 e. The third kappa shape index (κ3) is 2.29. The first-order chi connectivity index (χ1) is 7.31.